The maximum Gasteiger partial charge on any atom is 0.315 e. The molecule has 0 radical (unpaired) electrons. The Morgan fingerprint density at radius 1 is 1.35 bits per heavy atom. The first-order valence-electron chi connectivity index (χ1n) is 7.47. The van der Waals surface area contributed by atoms with Crippen LogP contribution in [0.15, 0.2) is 12.2 Å². The molecular weight excluding hydrogens is 256 g/mol. The van der Waals surface area contributed by atoms with E-state index in [-0.39, 0.29) is 17.9 Å². The van der Waals surface area contributed by atoms with Crippen LogP contribution < -0.4 is 10.6 Å². The fraction of sp³-hybridized carbons (Fsp3) is 0.800. The molecule has 20 heavy (non-hydrogen) atoms. The molecule has 1 atom stereocenters. The summed E-state index contributed by atoms with van der Waals surface area (Å²) in [4.78, 5) is 11.6. The van der Waals surface area contributed by atoms with Crippen LogP contribution in [0.5, 0.6) is 0 Å². The van der Waals surface area contributed by atoms with Crippen LogP contribution in [0, 0.1) is 5.92 Å². The summed E-state index contributed by atoms with van der Waals surface area (Å²) in [6, 6.07) is -0.185. The van der Waals surface area contributed by atoms with Gasteiger partial charge < -0.3 is 20.1 Å². The molecule has 5 heteroatoms. The lowest BCUT2D eigenvalue weighted by atomic mass is 9.86. The van der Waals surface area contributed by atoms with Crippen molar-refractivity contribution in [1.82, 2.24) is 10.6 Å². The Labute approximate surface area is 121 Å². The Morgan fingerprint density at radius 2 is 2.05 bits per heavy atom. The summed E-state index contributed by atoms with van der Waals surface area (Å²) in [5, 5.41) is 5.55. The Bertz CT molecular complexity index is 362. The molecule has 2 N–H and O–H groups in total. The Balaban J connectivity index is 1.68. The number of carbonyl (C=O) groups is 1. The minimum Gasteiger partial charge on any atom is -0.347 e. The van der Waals surface area contributed by atoms with Crippen molar-refractivity contribution in [2.24, 2.45) is 5.92 Å². The number of carbonyl (C=O) groups excluding carboxylic acids is 1. The first kappa shape index (κ1) is 15.3. The van der Waals surface area contributed by atoms with E-state index in [0.29, 0.717) is 19.7 Å². The van der Waals surface area contributed by atoms with Crippen molar-refractivity contribution in [2.45, 2.75) is 51.4 Å². The summed E-state index contributed by atoms with van der Waals surface area (Å²) < 4.78 is 11.9. The van der Waals surface area contributed by atoms with Crippen LogP contribution in [0.4, 0.5) is 4.79 Å². The highest BCUT2D eigenvalue weighted by molar-refractivity contribution is 5.74. The smallest absolute Gasteiger partial charge is 0.315 e. The molecule has 0 bridgehead atoms. The van der Waals surface area contributed by atoms with Gasteiger partial charge in [0.05, 0.1) is 6.61 Å². The zero-order chi connectivity index (χ0) is 14.6. The van der Waals surface area contributed by atoms with Crippen molar-refractivity contribution in [1.29, 1.82) is 0 Å². The predicted octanol–water partition coefficient (Wildman–Crippen LogP) is 2.18. The molecule has 1 spiro atoms. The molecule has 0 aromatic rings. The number of hydrogen-bond donors (Lipinski definition) is 2. The zero-order valence-electron chi connectivity index (χ0n) is 12.5. The van der Waals surface area contributed by atoms with Crippen molar-refractivity contribution in [2.75, 3.05) is 19.7 Å². The van der Waals surface area contributed by atoms with Crippen molar-refractivity contribution in [3.05, 3.63) is 12.2 Å². The molecule has 1 aliphatic carbocycles. The predicted molar refractivity (Wildman–Crippen MR) is 77.4 cm³/mol. The maximum absolute atomic E-state index is 11.6. The standard InChI is InChI=1S/C15H26N2O3/c1-11(2)8-16-14(18)17-9-13-10-19-15(20-13)6-4-12(3)5-7-15/h12-13H,1,4-10H2,2-3H3,(H2,16,17,18)/t12?,13-,15?/m1/s1. The van der Waals surface area contributed by atoms with Gasteiger partial charge in [-0.2, -0.15) is 0 Å². The number of rotatable bonds is 4. The lowest BCUT2D eigenvalue weighted by Gasteiger charge is -2.34. The Hall–Kier alpha value is -1.07. The molecule has 1 saturated carbocycles. The monoisotopic (exact) mass is 282 g/mol. The van der Waals surface area contributed by atoms with Crippen LogP contribution >= 0.6 is 0 Å². The summed E-state index contributed by atoms with van der Waals surface area (Å²) in [5.41, 5.74) is 0.927. The molecule has 1 saturated heterocycles. The van der Waals surface area contributed by atoms with Gasteiger partial charge in [-0.3, -0.25) is 0 Å². The molecule has 2 fully saturated rings. The summed E-state index contributed by atoms with van der Waals surface area (Å²) in [7, 11) is 0. The van der Waals surface area contributed by atoms with Crippen molar-refractivity contribution in [3.8, 4) is 0 Å². The summed E-state index contributed by atoms with van der Waals surface area (Å²) in [5.74, 6) is 0.380. The molecular formula is C15H26N2O3. The van der Waals surface area contributed by atoms with E-state index in [1.54, 1.807) is 0 Å². The van der Waals surface area contributed by atoms with Gasteiger partial charge in [0.25, 0.3) is 0 Å². The van der Waals surface area contributed by atoms with Gasteiger partial charge in [0.1, 0.15) is 6.10 Å². The van der Waals surface area contributed by atoms with Gasteiger partial charge in [-0.05, 0) is 25.7 Å². The van der Waals surface area contributed by atoms with Gasteiger partial charge >= 0.3 is 6.03 Å². The van der Waals surface area contributed by atoms with E-state index >= 15 is 0 Å². The second kappa shape index (κ2) is 6.59. The number of amides is 2. The number of hydrogen-bond acceptors (Lipinski definition) is 3. The quantitative estimate of drug-likeness (QED) is 0.777. The van der Waals surface area contributed by atoms with E-state index in [1.165, 1.54) is 0 Å². The fourth-order valence-electron chi connectivity index (χ4n) is 2.68. The first-order chi connectivity index (χ1) is 9.49. The number of nitrogens with one attached hydrogen (secondary N) is 2. The fourth-order valence-corrected chi connectivity index (χ4v) is 2.68. The topological polar surface area (TPSA) is 59.6 Å². The van der Waals surface area contributed by atoms with Gasteiger partial charge in [-0.1, -0.05) is 19.1 Å². The van der Waals surface area contributed by atoms with Crippen LogP contribution in [-0.2, 0) is 9.47 Å². The second-order valence-corrected chi connectivity index (χ2v) is 6.16. The highest BCUT2D eigenvalue weighted by Crippen LogP contribution is 2.39. The van der Waals surface area contributed by atoms with Crippen LogP contribution in [0.1, 0.15) is 39.5 Å². The van der Waals surface area contributed by atoms with Crippen LogP contribution in [0.2, 0.25) is 0 Å². The van der Waals surface area contributed by atoms with Crippen molar-refractivity contribution in [3.63, 3.8) is 0 Å². The third kappa shape index (κ3) is 4.21. The Morgan fingerprint density at radius 3 is 2.70 bits per heavy atom. The highest BCUT2D eigenvalue weighted by Gasteiger charge is 2.43. The molecule has 114 valence electrons. The molecule has 2 aliphatic rings. The number of urea groups is 1. The van der Waals surface area contributed by atoms with E-state index in [4.69, 9.17) is 9.47 Å². The van der Waals surface area contributed by atoms with E-state index in [2.05, 4.69) is 24.1 Å². The number of ether oxygens (including phenoxy) is 2. The molecule has 1 heterocycles. The largest absolute Gasteiger partial charge is 0.347 e. The molecule has 0 aromatic heterocycles. The van der Waals surface area contributed by atoms with Gasteiger partial charge in [0.15, 0.2) is 5.79 Å². The molecule has 2 amide bonds. The maximum atomic E-state index is 11.6. The summed E-state index contributed by atoms with van der Waals surface area (Å²) in [6.07, 6.45) is 4.19. The Kier molecular flexibility index (Phi) is 5.05. The molecule has 2 rings (SSSR count). The first-order valence-corrected chi connectivity index (χ1v) is 7.47. The van der Waals surface area contributed by atoms with Gasteiger partial charge in [0, 0.05) is 25.9 Å². The minimum absolute atomic E-state index is 0.0426. The molecule has 5 nitrogen and oxygen atoms in total. The van der Waals surface area contributed by atoms with E-state index in [0.717, 1.165) is 37.2 Å². The SMILES string of the molecule is C=C(C)CNC(=O)NC[C@@H]1COC2(CCC(C)CC2)O1. The zero-order valence-corrected chi connectivity index (χ0v) is 12.5. The van der Waals surface area contributed by atoms with Crippen molar-refractivity contribution >= 4 is 6.03 Å². The second-order valence-electron chi connectivity index (χ2n) is 6.16. The van der Waals surface area contributed by atoms with Crippen LogP contribution in [0.25, 0.3) is 0 Å². The normalized spacial score (nSPS) is 33.1. The van der Waals surface area contributed by atoms with Crippen LogP contribution in [-0.4, -0.2) is 37.6 Å². The summed E-state index contributed by atoms with van der Waals surface area (Å²) >= 11 is 0. The minimum atomic E-state index is -0.382. The lowest BCUT2D eigenvalue weighted by Crippen LogP contribution is -2.42. The average Bonchev–Trinajstić information content (AvgIpc) is 2.81. The lowest BCUT2D eigenvalue weighted by molar-refractivity contribution is -0.191. The van der Waals surface area contributed by atoms with E-state index < -0.39 is 0 Å². The average molecular weight is 282 g/mol. The van der Waals surface area contributed by atoms with Gasteiger partial charge in [-0.25, -0.2) is 4.79 Å². The van der Waals surface area contributed by atoms with Gasteiger partial charge in [-0.15, -0.1) is 0 Å². The molecule has 1 aliphatic heterocycles. The van der Waals surface area contributed by atoms with Crippen LogP contribution in [0.3, 0.4) is 0 Å². The van der Waals surface area contributed by atoms with E-state index in [9.17, 15) is 4.79 Å². The molecule has 0 aromatic carbocycles. The van der Waals surface area contributed by atoms with Crippen molar-refractivity contribution < 1.29 is 14.3 Å². The summed E-state index contributed by atoms with van der Waals surface area (Å²) in [6.45, 7) is 9.43. The highest BCUT2D eigenvalue weighted by atomic mass is 16.7. The third-order valence-electron chi connectivity index (χ3n) is 3.99. The van der Waals surface area contributed by atoms with Gasteiger partial charge in [0.2, 0.25) is 0 Å². The van der Waals surface area contributed by atoms with E-state index in [1.807, 2.05) is 6.92 Å². The molecule has 0 unspecified atom stereocenters. The third-order valence-corrected chi connectivity index (χ3v) is 3.99.